The number of fused-ring (bicyclic) bond motifs is 1. The molecule has 2 aromatic carbocycles. The summed E-state index contributed by atoms with van der Waals surface area (Å²) in [4.78, 5) is 14.3. The topological polar surface area (TPSA) is 53.9 Å². The minimum absolute atomic E-state index is 0.128. The van der Waals surface area contributed by atoms with E-state index in [0.29, 0.717) is 21.7 Å². The van der Waals surface area contributed by atoms with Crippen LogP contribution in [0.15, 0.2) is 41.5 Å². The highest BCUT2D eigenvalue weighted by molar-refractivity contribution is 6.35. The van der Waals surface area contributed by atoms with Crippen molar-refractivity contribution in [2.45, 2.75) is 38.6 Å². The zero-order valence-electron chi connectivity index (χ0n) is 17.0. The fourth-order valence-corrected chi connectivity index (χ4v) is 4.09. The van der Waals surface area contributed by atoms with Crippen LogP contribution >= 0.6 is 23.2 Å². The van der Waals surface area contributed by atoms with Gasteiger partial charge in [-0.1, -0.05) is 36.2 Å². The number of nitrogens with one attached hydrogen (secondary N) is 1. The van der Waals surface area contributed by atoms with Crippen LogP contribution in [-0.4, -0.2) is 31.3 Å². The van der Waals surface area contributed by atoms with Crippen LogP contribution in [0.4, 0.5) is 5.69 Å². The third-order valence-corrected chi connectivity index (χ3v) is 5.84. The van der Waals surface area contributed by atoms with Gasteiger partial charge in [0.15, 0.2) is 6.61 Å². The molecule has 0 saturated heterocycles. The van der Waals surface area contributed by atoms with Crippen molar-refractivity contribution in [3.05, 3.63) is 57.6 Å². The third-order valence-electron chi connectivity index (χ3n) is 5.31. The lowest BCUT2D eigenvalue weighted by Gasteiger charge is -2.45. The summed E-state index contributed by atoms with van der Waals surface area (Å²) >= 11 is 11.9. The van der Waals surface area contributed by atoms with Gasteiger partial charge in [-0.2, -0.15) is 5.10 Å². The maximum absolute atomic E-state index is 12.0. The van der Waals surface area contributed by atoms with Gasteiger partial charge in [0.25, 0.3) is 5.91 Å². The minimum atomic E-state index is -0.375. The number of nitrogens with zero attached hydrogens (tertiary/aromatic N) is 2. The van der Waals surface area contributed by atoms with Gasteiger partial charge >= 0.3 is 0 Å². The quantitative estimate of drug-likeness (QED) is 0.517. The lowest BCUT2D eigenvalue weighted by molar-refractivity contribution is -0.123. The second-order valence-electron chi connectivity index (χ2n) is 7.95. The Balaban J connectivity index is 1.59. The molecule has 1 amide bonds. The Morgan fingerprint density at radius 3 is 2.79 bits per heavy atom. The Morgan fingerprint density at radius 2 is 2.07 bits per heavy atom. The van der Waals surface area contributed by atoms with Crippen LogP contribution in [0.5, 0.6) is 5.75 Å². The van der Waals surface area contributed by atoms with Gasteiger partial charge in [-0.25, -0.2) is 5.43 Å². The number of rotatable bonds is 5. The third kappa shape index (κ3) is 5.03. The van der Waals surface area contributed by atoms with Gasteiger partial charge in [0.1, 0.15) is 5.75 Å². The number of hydrazone groups is 1. The summed E-state index contributed by atoms with van der Waals surface area (Å²) in [5.41, 5.74) is 6.07. The van der Waals surface area contributed by atoms with Gasteiger partial charge in [0, 0.05) is 23.3 Å². The molecule has 5 nitrogen and oxygen atoms in total. The number of anilines is 1. The average Bonchev–Trinajstić information content (AvgIpc) is 2.65. The maximum Gasteiger partial charge on any atom is 0.277 e. The van der Waals surface area contributed by atoms with E-state index in [1.807, 2.05) is 6.07 Å². The second kappa shape index (κ2) is 8.64. The highest BCUT2D eigenvalue weighted by atomic mass is 35.5. The predicted octanol–water partition coefficient (Wildman–Crippen LogP) is 5.24. The molecule has 3 rings (SSSR count). The highest BCUT2D eigenvalue weighted by Gasteiger charge is 2.33. The van der Waals surface area contributed by atoms with Gasteiger partial charge < -0.3 is 9.64 Å². The van der Waals surface area contributed by atoms with E-state index >= 15 is 0 Å². The Morgan fingerprint density at radius 1 is 1.31 bits per heavy atom. The molecule has 29 heavy (non-hydrogen) atoms. The minimum Gasteiger partial charge on any atom is -0.482 e. The summed E-state index contributed by atoms with van der Waals surface area (Å²) in [6.07, 6.45) is 2.72. The number of halogens is 2. The molecule has 1 atom stereocenters. The van der Waals surface area contributed by atoms with Crippen LogP contribution in [0, 0.1) is 0 Å². The average molecular weight is 434 g/mol. The van der Waals surface area contributed by atoms with Crippen molar-refractivity contribution in [2.24, 2.45) is 5.10 Å². The molecule has 1 heterocycles. The van der Waals surface area contributed by atoms with Crippen molar-refractivity contribution in [2.75, 3.05) is 18.6 Å². The predicted molar refractivity (Wildman–Crippen MR) is 120 cm³/mol. The number of ether oxygens (including phenoxy) is 1. The highest BCUT2D eigenvalue weighted by Crippen LogP contribution is 2.42. The van der Waals surface area contributed by atoms with Gasteiger partial charge in [-0.3, -0.25) is 4.79 Å². The molecule has 2 aromatic rings. The standard InChI is InChI=1S/C22H25Cl2N3O2/c1-14-11-22(2,3)27(4)19-7-5-15(9-17(14)19)12-25-26-21(28)13-29-20-8-6-16(23)10-18(20)24/h5-10,12,14H,11,13H2,1-4H3,(H,26,28)/b25-12+. The first-order valence-electron chi connectivity index (χ1n) is 9.45. The molecule has 0 bridgehead atoms. The van der Waals surface area contributed by atoms with Crippen LogP contribution < -0.4 is 15.1 Å². The van der Waals surface area contributed by atoms with Crippen LogP contribution in [-0.2, 0) is 4.79 Å². The molecule has 0 radical (unpaired) electrons. The lowest BCUT2D eigenvalue weighted by atomic mass is 9.80. The summed E-state index contributed by atoms with van der Waals surface area (Å²) in [5, 5.41) is 4.90. The smallest absolute Gasteiger partial charge is 0.277 e. The summed E-state index contributed by atoms with van der Waals surface area (Å²) < 4.78 is 5.39. The van der Waals surface area contributed by atoms with E-state index in [0.717, 1.165) is 12.0 Å². The zero-order chi connectivity index (χ0) is 21.2. The van der Waals surface area contributed by atoms with E-state index in [1.165, 1.54) is 11.3 Å². The number of hydrogen-bond donors (Lipinski definition) is 1. The van der Waals surface area contributed by atoms with Crippen molar-refractivity contribution in [3.63, 3.8) is 0 Å². The molecule has 1 aliphatic rings. The summed E-state index contributed by atoms with van der Waals surface area (Å²) in [6.45, 7) is 6.57. The van der Waals surface area contributed by atoms with Crippen molar-refractivity contribution in [1.29, 1.82) is 0 Å². The number of carbonyl (C=O) groups is 1. The first kappa shape index (κ1) is 21.5. The summed E-state index contributed by atoms with van der Waals surface area (Å²) in [6, 6.07) is 11.1. The number of hydrogen-bond acceptors (Lipinski definition) is 4. The molecule has 0 saturated carbocycles. The molecule has 1 N–H and O–H groups in total. The second-order valence-corrected chi connectivity index (χ2v) is 8.80. The van der Waals surface area contributed by atoms with Gasteiger partial charge in [0.05, 0.1) is 11.2 Å². The normalized spacial score (nSPS) is 17.9. The molecule has 1 aliphatic heterocycles. The van der Waals surface area contributed by atoms with E-state index in [9.17, 15) is 4.79 Å². The number of carbonyl (C=O) groups excluding carboxylic acids is 1. The van der Waals surface area contributed by atoms with Crippen LogP contribution in [0.2, 0.25) is 10.0 Å². The molecule has 0 aromatic heterocycles. The van der Waals surface area contributed by atoms with Gasteiger partial charge in [-0.15, -0.1) is 0 Å². The van der Waals surface area contributed by atoms with E-state index in [1.54, 1.807) is 24.4 Å². The molecule has 0 fully saturated rings. The van der Waals surface area contributed by atoms with E-state index < -0.39 is 0 Å². The molecule has 0 aliphatic carbocycles. The maximum atomic E-state index is 12.0. The monoisotopic (exact) mass is 433 g/mol. The van der Waals surface area contributed by atoms with Crippen molar-refractivity contribution in [3.8, 4) is 5.75 Å². The summed E-state index contributed by atoms with van der Waals surface area (Å²) in [5.74, 6) is 0.475. The fraction of sp³-hybridized carbons (Fsp3) is 0.364. The lowest BCUT2D eigenvalue weighted by Crippen LogP contribution is -2.45. The zero-order valence-corrected chi connectivity index (χ0v) is 18.5. The molecule has 154 valence electrons. The van der Waals surface area contributed by atoms with Crippen molar-refractivity contribution >= 4 is 41.0 Å². The van der Waals surface area contributed by atoms with E-state index in [-0.39, 0.29) is 18.1 Å². The van der Waals surface area contributed by atoms with Gasteiger partial charge in [-0.05, 0) is 67.6 Å². The Kier molecular flexibility index (Phi) is 6.39. The van der Waals surface area contributed by atoms with Gasteiger partial charge in [0.2, 0.25) is 0 Å². The van der Waals surface area contributed by atoms with Crippen LogP contribution in [0.3, 0.4) is 0 Å². The van der Waals surface area contributed by atoms with E-state index in [4.69, 9.17) is 27.9 Å². The molecular formula is C22H25Cl2N3O2. The first-order valence-corrected chi connectivity index (χ1v) is 10.2. The Hall–Kier alpha value is -2.24. The summed E-state index contributed by atoms with van der Waals surface area (Å²) in [7, 11) is 2.13. The Labute approximate surface area is 181 Å². The van der Waals surface area contributed by atoms with Crippen molar-refractivity contribution in [1.82, 2.24) is 5.43 Å². The molecular weight excluding hydrogens is 409 g/mol. The number of benzene rings is 2. The van der Waals surface area contributed by atoms with E-state index in [2.05, 4.69) is 55.4 Å². The Bertz CT molecular complexity index is 944. The molecule has 1 unspecified atom stereocenters. The van der Waals surface area contributed by atoms with Crippen LogP contribution in [0.1, 0.15) is 44.2 Å². The SMILES string of the molecule is CC1CC(C)(C)N(C)c2ccc(/C=N/NC(=O)COc3ccc(Cl)cc3Cl)cc21. The molecule has 7 heteroatoms. The first-order chi connectivity index (χ1) is 13.7. The number of amides is 1. The largest absolute Gasteiger partial charge is 0.482 e. The fourth-order valence-electron chi connectivity index (χ4n) is 3.62. The van der Waals surface area contributed by atoms with Crippen LogP contribution in [0.25, 0.3) is 0 Å². The molecule has 0 spiro atoms. The van der Waals surface area contributed by atoms with Crippen molar-refractivity contribution < 1.29 is 9.53 Å².